The minimum absolute atomic E-state index is 0.0904. The summed E-state index contributed by atoms with van der Waals surface area (Å²) in [7, 11) is -1.45. The SMILES string of the molecule is COc1ccc(CNc2nncc3c(N4CCS(=O)(=O)CC4)cc(C#N)cc23)cc1Cl. The van der Waals surface area contributed by atoms with Gasteiger partial charge in [0.05, 0.1) is 41.5 Å². The molecule has 3 aromatic rings. The Labute approximate surface area is 185 Å². The van der Waals surface area contributed by atoms with Crippen molar-refractivity contribution in [2.75, 3.05) is 41.9 Å². The summed E-state index contributed by atoms with van der Waals surface area (Å²) < 4.78 is 28.8. The molecule has 0 bridgehead atoms. The zero-order valence-electron chi connectivity index (χ0n) is 16.8. The van der Waals surface area contributed by atoms with Gasteiger partial charge in [-0.05, 0) is 29.8 Å². The Morgan fingerprint density at radius 1 is 1.23 bits per heavy atom. The summed E-state index contributed by atoms with van der Waals surface area (Å²) in [6.07, 6.45) is 1.64. The molecule has 1 saturated heterocycles. The second-order valence-electron chi connectivity index (χ2n) is 7.22. The number of anilines is 2. The number of nitrogens with zero attached hydrogens (tertiary/aromatic N) is 4. The van der Waals surface area contributed by atoms with Gasteiger partial charge in [-0.2, -0.15) is 10.4 Å². The topological polar surface area (TPSA) is 108 Å². The van der Waals surface area contributed by atoms with Crippen LogP contribution in [0, 0.1) is 11.3 Å². The van der Waals surface area contributed by atoms with Crippen LogP contribution < -0.4 is 15.0 Å². The lowest BCUT2D eigenvalue weighted by Crippen LogP contribution is -2.40. The summed E-state index contributed by atoms with van der Waals surface area (Å²) in [6, 6.07) is 11.2. The van der Waals surface area contributed by atoms with Crippen molar-refractivity contribution in [3.63, 3.8) is 0 Å². The highest BCUT2D eigenvalue weighted by atomic mass is 35.5. The van der Waals surface area contributed by atoms with Crippen molar-refractivity contribution in [2.45, 2.75) is 6.54 Å². The van der Waals surface area contributed by atoms with Crippen LogP contribution in [0.3, 0.4) is 0 Å². The van der Waals surface area contributed by atoms with Gasteiger partial charge in [0.25, 0.3) is 0 Å². The lowest BCUT2D eigenvalue weighted by molar-refractivity contribution is 0.415. The molecule has 160 valence electrons. The normalized spacial score (nSPS) is 15.5. The Morgan fingerprint density at radius 2 is 2.00 bits per heavy atom. The highest BCUT2D eigenvalue weighted by Crippen LogP contribution is 2.33. The van der Waals surface area contributed by atoms with Crippen LogP contribution in [0.15, 0.2) is 36.5 Å². The van der Waals surface area contributed by atoms with Crippen LogP contribution in [0.4, 0.5) is 11.5 Å². The van der Waals surface area contributed by atoms with Gasteiger partial charge in [-0.25, -0.2) is 8.42 Å². The van der Waals surface area contributed by atoms with Crippen LogP contribution in [-0.2, 0) is 16.4 Å². The zero-order valence-corrected chi connectivity index (χ0v) is 18.4. The molecule has 0 saturated carbocycles. The molecule has 0 spiro atoms. The first-order chi connectivity index (χ1) is 14.9. The van der Waals surface area contributed by atoms with Gasteiger partial charge >= 0.3 is 0 Å². The monoisotopic (exact) mass is 457 g/mol. The van der Waals surface area contributed by atoms with E-state index in [4.69, 9.17) is 16.3 Å². The van der Waals surface area contributed by atoms with Gasteiger partial charge in [-0.1, -0.05) is 17.7 Å². The summed E-state index contributed by atoms with van der Waals surface area (Å²) in [5.74, 6) is 1.31. The number of hydrogen-bond donors (Lipinski definition) is 1. The van der Waals surface area contributed by atoms with E-state index in [0.29, 0.717) is 41.8 Å². The van der Waals surface area contributed by atoms with Crippen LogP contribution in [0.25, 0.3) is 10.8 Å². The fourth-order valence-electron chi connectivity index (χ4n) is 3.58. The van der Waals surface area contributed by atoms with E-state index in [1.807, 2.05) is 17.0 Å². The average molecular weight is 458 g/mol. The molecule has 0 amide bonds. The van der Waals surface area contributed by atoms with Gasteiger partial charge in [0, 0.05) is 36.1 Å². The van der Waals surface area contributed by atoms with Gasteiger partial charge in [-0.3, -0.25) is 0 Å². The molecule has 1 aromatic heterocycles. The molecule has 0 atom stereocenters. The van der Waals surface area contributed by atoms with E-state index in [-0.39, 0.29) is 11.5 Å². The molecule has 2 aromatic carbocycles. The Morgan fingerprint density at radius 3 is 2.68 bits per heavy atom. The maximum Gasteiger partial charge on any atom is 0.156 e. The molecule has 8 nitrogen and oxygen atoms in total. The molecule has 10 heteroatoms. The molecule has 1 N–H and O–H groups in total. The van der Waals surface area contributed by atoms with Crippen molar-refractivity contribution in [3.8, 4) is 11.8 Å². The third-order valence-electron chi connectivity index (χ3n) is 5.25. The average Bonchev–Trinajstić information content (AvgIpc) is 2.77. The van der Waals surface area contributed by atoms with Crippen molar-refractivity contribution in [3.05, 3.63) is 52.7 Å². The summed E-state index contributed by atoms with van der Waals surface area (Å²) in [5.41, 5.74) is 2.19. The van der Waals surface area contributed by atoms with Gasteiger partial charge in [0.2, 0.25) is 0 Å². The van der Waals surface area contributed by atoms with Gasteiger partial charge in [0.15, 0.2) is 15.7 Å². The first-order valence-electron chi connectivity index (χ1n) is 9.61. The Kier molecular flexibility index (Phi) is 5.85. The third-order valence-corrected chi connectivity index (χ3v) is 7.15. The number of halogens is 1. The largest absolute Gasteiger partial charge is 0.495 e. The van der Waals surface area contributed by atoms with Crippen LogP contribution in [0.1, 0.15) is 11.1 Å². The van der Waals surface area contributed by atoms with Crippen molar-refractivity contribution < 1.29 is 13.2 Å². The van der Waals surface area contributed by atoms with Crippen molar-refractivity contribution in [1.82, 2.24) is 10.2 Å². The van der Waals surface area contributed by atoms with E-state index in [0.717, 1.165) is 22.0 Å². The van der Waals surface area contributed by atoms with E-state index in [2.05, 4.69) is 21.6 Å². The second-order valence-corrected chi connectivity index (χ2v) is 9.93. The molecule has 4 rings (SSSR count). The first-order valence-corrected chi connectivity index (χ1v) is 11.8. The standard InChI is InChI=1S/C21H20ClN5O3S/c1-30-20-3-2-14(9-18(20)22)12-24-21-16-8-15(11-23)10-19(17(16)13-25-26-21)27-4-6-31(28,29)7-5-27/h2-3,8-10,13H,4-7,12H2,1H3,(H,24,26). The third kappa shape index (κ3) is 4.50. The lowest BCUT2D eigenvalue weighted by Gasteiger charge is -2.30. The van der Waals surface area contributed by atoms with E-state index >= 15 is 0 Å². The predicted octanol–water partition coefficient (Wildman–Crippen LogP) is 3.01. The maximum atomic E-state index is 11.8. The second kappa shape index (κ2) is 8.57. The Balaban J connectivity index is 1.67. The number of rotatable bonds is 5. The number of hydrogen-bond acceptors (Lipinski definition) is 8. The minimum atomic E-state index is -3.02. The van der Waals surface area contributed by atoms with Crippen LogP contribution in [0.2, 0.25) is 5.02 Å². The number of aromatic nitrogens is 2. The molecule has 1 aliphatic heterocycles. The number of methoxy groups -OCH3 is 1. The predicted molar refractivity (Wildman–Crippen MR) is 120 cm³/mol. The number of sulfone groups is 1. The Bertz CT molecular complexity index is 1280. The number of nitriles is 1. The number of nitrogens with one attached hydrogen (secondary N) is 1. The summed E-state index contributed by atoms with van der Waals surface area (Å²) in [4.78, 5) is 1.99. The number of ether oxygens (including phenoxy) is 1. The van der Waals surface area contributed by atoms with E-state index in [9.17, 15) is 13.7 Å². The smallest absolute Gasteiger partial charge is 0.156 e. The van der Waals surface area contributed by atoms with E-state index in [1.54, 1.807) is 31.5 Å². The van der Waals surface area contributed by atoms with Crippen LogP contribution >= 0.6 is 11.6 Å². The summed E-state index contributed by atoms with van der Waals surface area (Å²) >= 11 is 6.21. The molecule has 0 radical (unpaired) electrons. The zero-order chi connectivity index (χ0) is 22.0. The fraction of sp³-hybridized carbons (Fsp3) is 0.286. The molecule has 31 heavy (non-hydrogen) atoms. The first kappa shape index (κ1) is 21.2. The molecule has 2 heterocycles. The van der Waals surface area contributed by atoms with Crippen molar-refractivity contribution >= 4 is 43.7 Å². The van der Waals surface area contributed by atoms with E-state index < -0.39 is 9.84 Å². The van der Waals surface area contributed by atoms with Crippen molar-refractivity contribution in [1.29, 1.82) is 5.26 Å². The molecule has 1 fully saturated rings. The highest BCUT2D eigenvalue weighted by molar-refractivity contribution is 7.91. The molecular weight excluding hydrogens is 438 g/mol. The summed E-state index contributed by atoms with van der Waals surface area (Å²) in [6.45, 7) is 1.20. The van der Waals surface area contributed by atoms with Crippen LogP contribution in [-0.4, -0.2) is 50.3 Å². The molecule has 0 unspecified atom stereocenters. The quantitative estimate of drug-likeness (QED) is 0.622. The lowest BCUT2D eigenvalue weighted by atomic mass is 10.1. The van der Waals surface area contributed by atoms with Gasteiger partial charge in [-0.15, -0.1) is 5.10 Å². The molecule has 0 aliphatic carbocycles. The minimum Gasteiger partial charge on any atom is -0.495 e. The fourth-order valence-corrected chi connectivity index (χ4v) is 5.06. The number of benzene rings is 2. The van der Waals surface area contributed by atoms with Gasteiger partial charge < -0.3 is 15.0 Å². The van der Waals surface area contributed by atoms with Crippen molar-refractivity contribution in [2.24, 2.45) is 0 Å². The summed E-state index contributed by atoms with van der Waals surface area (Å²) in [5, 5.41) is 23.2. The maximum absolute atomic E-state index is 11.8. The molecule has 1 aliphatic rings. The van der Waals surface area contributed by atoms with Gasteiger partial charge in [0.1, 0.15) is 5.75 Å². The van der Waals surface area contributed by atoms with E-state index in [1.165, 1.54) is 0 Å². The van der Waals surface area contributed by atoms with Crippen LogP contribution in [0.5, 0.6) is 5.75 Å². The molecular formula is C21H20ClN5O3S. The number of fused-ring (bicyclic) bond motifs is 1. The highest BCUT2D eigenvalue weighted by Gasteiger charge is 2.24. The Hall–Kier alpha value is -3.09.